The number of aromatic nitrogens is 2. The number of imidazole rings is 1. The fourth-order valence-electron chi connectivity index (χ4n) is 1.89. The minimum Gasteiger partial charge on any atom is -0.370 e. The van der Waals surface area contributed by atoms with Gasteiger partial charge in [-0.15, -0.1) is 11.6 Å². The maximum atomic E-state index is 10.9. The van der Waals surface area contributed by atoms with E-state index in [0.717, 1.165) is 16.9 Å². The highest BCUT2D eigenvalue weighted by Gasteiger charge is 2.11. The molecule has 0 aliphatic carbocycles. The van der Waals surface area contributed by atoms with Gasteiger partial charge in [0.1, 0.15) is 5.82 Å². The molecule has 0 unspecified atom stereocenters. The molecule has 1 amide bonds. The quantitative estimate of drug-likeness (QED) is 0.858. The van der Waals surface area contributed by atoms with Crippen LogP contribution in [0.15, 0.2) is 18.2 Å². The number of rotatable bonds is 5. The van der Waals surface area contributed by atoms with Gasteiger partial charge in [-0.25, -0.2) is 4.98 Å². The van der Waals surface area contributed by atoms with Gasteiger partial charge in [-0.1, -0.05) is 11.6 Å². The first kappa shape index (κ1) is 13.2. The SMILES string of the molecule is NC(=O)CCn1c(CCCl)nc2ccc(Cl)cc21. The Morgan fingerprint density at radius 3 is 2.89 bits per heavy atom. The Bertz CT molecular complexity index is 580. The van der Waals surface area contributed by atoms with Crippen LogP contribution >= 0.6 is 23.2 Å². The smallest absolute Gasteiger partial charge is 0.219 e. The van der Waals surface area contributed by atoms with Crippen LogP contribution in [0.3, 0.4) is 0 Å². The van der Waals surface area contributed by atoms with Crippen molar-refractivity contribution in [1.82, 2.24) is 9.55 Å². The molecule has 0 bridgehead atoms. The second kappa shape index (κ2) is 5.59. The Balaban J connectivity index is 2.46. The molecule has 96 valence electrons. The Kier molecular flexibility index (Phi) is 4.09. The van der Waals surface area contributed by atoms with E-state index in [0.29, 0.717) is 23.9 Å². The summed E-state index contributed by atoms with van der Waals surface area (Å²) >= 11 is 11.7. The van der Waals surface area contributed by atoms with Gasteiger partial charge in [0, 0.05) is 30.3 Å². The average Bonchev–Trinajstić information content (AvgIpc) is 2.64. The van der Waals surface area contributed by atoms with Crippen molar-refractivity contribution in [3.8, 4) is 0 Å². The van der Waals surface area contributed by atoms with Gasteiger partial charge < -0.3 is 10.3 Å². The molecular formula is C12H13Cl2N3O. The molecule has 0 radical (unpaired) electrons. The molecule has 6 heteroatoms. The van der Waals surface area contributed by atoms with Crippen molar-refractivity contribution in [3.05, 3.63) is 29.0 Å². The number of halogens is 2. The van der Waals surface area contributed by atoms with E-state index in [1.807, 2.05) is 16.7 Å². The van der Waals surface area contributed by atoms with Gasteiger partial charge in [0.15, 0.2) is 0 Å². The van der Waals surface area contributed by atoms with E-state index in [1.54, 1.807) is 6.07 Å². The molecule has 0 saturated heterocycles. The van der Waals surface area contributed by atoms with E-state index in [4.69, 9.17) is 28.9 Å². The van der Waals surface area contributed by atoms with Gasteiger partial charge in [-0.05, 0) is 18.2 Å². The van der Waals surface area contributed by atoms with Crippen LogP contribution < -0.4 is 5.73 Å². The Hall–Kier alpha value is -1.26. The van der Waals surface area contributed by atoms with E-state index in [-0.39, 0.29) is 12.3 Å². The summed E-state index contributed by atoms with van der Waals surface area (Å²) in [6.07, 6.45) is 0.917. The highest BCUT2D eigenvalue weighted by molar-refractivity contribution is 6.31. The van der Waals surface area contributed by atoms with Crippen LogP contribution in [-0.4, -0.2) is 21.3 Å². The molecule has 0 atom stereocenters. The number of hydrogen-bond donors (Lipinski definition) is 1. The standard InChI is InChI=1S/C12H13Cl2N3O/c13-5-3-12-16-9-2-1-8(14)7-10(9)17(12)6-4-11(15)18/h1-2,7H,3-6H2,(H2,15,18). The zero-order chi connectivity index (χ0) is 13.1. The number of fused-ring (bicyclic) bond motifs is 1. The molecule has 18 heavy (non-hydrogen) atoms. The first-order valence-electron chi connectivity index (χ1n) is 5.60. The summed E-state index contributed by atoms with van der Waals surface area (Å²) in [5, 5.41) is 0.639. The molecule has 1 aromatic heterocycles. The average molecular weight is 286 g/mol. The molecule has 0 fully saturated rings. The molecule has 0 spiro atoms. The lowest BCUT2D eigenvalue weighted by atomic mass is 10.3. The summed E-state index contributed by atoms with van der Waals surface area (Å²) < 4.78 is 1.95. The molecule has 0 saturated carbocycles. The zero-order valence-corrected chi connectivity index (χ0v) is 11.2. The molecule has 2 rings (SSSR count). The van der Waals surface area contributed by atoms with Crippen LogP contribution in [0.2, 0.25) is 5.02 Å². The van der Waals surface area contributed by atoms with E-state index < -0.39 is 0 Å². The van der Waals surface area contributed by atoms with Gasteiger partial charge >= 0.3 is 0 Å². The van der Waals surface area contributed by atoms with Crippen LogP contribution in [0.5, 0.6) is 0 Å². The number of hydrogen-bond acceptors (Lipinski definition) is 2. The summed E-state index contributed by atoms with van der Waals surface area (Å²) in [6, 6.07) is 5.48. The number of carbonyl (C=O) groups is 1. The number of aryl methyl sites for hydroxylation is 2. The largest absolute Gasteiger partial charge is 0.370 e. The second-order valence-electron chi connectivity index (χ2n) is 3.97. The lowest BCUT2D eigenvalue weighted by Gasteiger charge is -2.06. The summed E-state index contributed by atoms with van der Waals surface area (Å²) in [5.41, 5.74) is 6.94. The van der Waals surface area contributed by atoms with Gasteiger partial charge in [0.05, 0.1) is 11.0 Å². The number of primary amides is 1. The van der Waals surface area contributed by atoms with E-state index in [2.05, 4.69) is 4.98 Å². The molecular weight excluding hydrogens is 273 g/mol. The summed E-state index contributed by atoms with van der Waals surface area (Å²) in [6.45, 7) is 0.498. The van der Waals surface area contributed by atoms with Crippen molar-refractivity contribution in [3.63, 3.8) is 0 Å². The van der Waals surface area contributed by atoms with Crippen molar-refractivity contribution in [2.75, 3.05) is 5.88 Å². The molecule has 2 N–H and O–H groups in total. The van der Waals surface area contributed by atoms with Crippen LogP contribution in [0.25, 0.3) is 11.0 Å². The van der Waals surface area contributed by atoms with E-state index in [1.165, 1.54) is 0 Å². The van der Waals surface area contributed by atoms with Crippen molar-refractivity contribution in [2.45, 2.75) is 19.4 Å². The topological polar surface area (TPSA) is 60.9 Å². The molecule has 4 nitrogen and oxygen atoms in total. The Labute approximate surface area is 115 Å². The van der Waals surface area contributed by atoms with Crippen LogP contribution in [0, 0.1) is 0 Å². The second-order valence-corrected chi connectivity index (χ2v) is 4.78. The first-order chi connectivity index (χ1) is 8.61. The van der Waals surface area contributed by atoms with E-state index >= 15 is 0 Å². The van der Waals surface area contributed by atoms with Crippen molar-refractivity contribution in [2.24, 2.45) is 5.73 Å². The fraction of sp³-hybridized carbons (Fsp3) is 0.333. The van der Waals surface area contributed by atoms with Crippen molar-refractivity contribution >= 4 is 40.1 Å². The molecule has 0 aliphatic heterocycles. The van der Waals surface area contributed by atoms with E-state index in [9.17, 15) is 4.79 Å². The first-order valence-corrected chi connectivity index (χ1v) is 6.52. The minimum atomic E-state index is -0.337. The summed E-state index contributed by atoms with van der Waals surface area (Å²) in [7, 11) is 0. The number of carbonyl (C=O) groups excluding carboxylic acids is 1. The normalized spacial score (nSPS) is 11.0. The molecule has 2 aromatic rings. The van der Waals surface area contributed by atoms with Gasteiger partial charge in [-0.2, -0.15) is 0 Å². The number of benzene rings is 1. The minimum absolute atomic E-state index is 0.271. The highest BCUT2D eigenvalue weighted by atomic mass is 35.5. The Morgan fingerprint density at radius 2 is 2.22 bits per heavy atom. The maximum Gasteiger partial charge on any atom is 0.219 e. The Morgan fingerprint density at radius 1 is 1.44 bits per heavy atom. The summed E-state index contributed by atoms with van der Waals surface area (Å²) in [5.74, 6) is 0.993. The van der Waals surface area contributed by atoms with Crippen LogP contribution in [0.4, 0.5) is 0 Å². The third-order valence-electron chi connectivity index (χ3n) is 2.69. The predicted molar refractivity (Wildman–Crippen MR) is 73.0 cm³/mol. The number of nitrogens with zero attached hydrogens (tertiary/aromatic N) is 2. The third-order valence-corrected chi connectivity index (χ3v) is 3.11. The molecule has 1 heterocycles. The molecule has 0 aliphatic rings. The monoisotopic (exact) mass is 285 g/mol. The number of nitrogens with two attached hydrogens (primary N) is 1. The zero-order valence-electron chi connectivity index (χ0n) is 9.70. The number of amides is 1. The van der Waals surface area contributed by atoms with Crippen molar-refractivity contribution < 1.29 is 4.79 Å². The fourth-order valence-corrected chi connectivity index (χ4v) is 2.23. The maximum absolute atomic E-state index is 10.9. The molecule has 1 aromatic carbocycles. The highest BCUT2D eigenvalue weighted by Crippen LogP contribution is 2.21. The lowest BCUT2D eigenvalue weighted by Crippen LogP contribution is -2.15. The number of alkyl halides is 1. The lowest BCUT2D eigenvalue weighted by molar-refractivity contribution is -0.118. The summed E-state index contributed by atoms with van der Waals surface area (Å²) in [4.78, 5) is 15.4. The van der Waals surface area contributed by atoms with Gasteiger partial charge in [0.2, 0.25) is 5.91 Å². The van der Waals surface area contributed by atoms with Crippen molar-refractivity contribution in [1.29, 1.82) is 0 Å². The van der Waals surface area contributed by atoms with Gasteiger partial charge in [-0.3, -0.25) is 4.79 Å². The predicted octanol–water partition coefficient (Wildman–Crippen LogP) is 2.35. The van der Waals surface area contributed by atoms with Gasteiger partial charge in [0.25, 0.3) is 0 Å². The van der Waals surface area contributed by atoms with Crippen LogP contribution in [0.1, 0.15) is 12.2 Å². The third kappa shape index (κ3) is 2.76. The van der Waals surface area contributed by atoms with Crippen LogP contribution in [-0.2, 0) is 17.8 Å².